The van der Waals surface area contributed by atoms with E-state index in [1.54, 1.807) is 0 Å². The van der Waals surface area contributed by atoms with Gasteiger partial charge in [0.15, 0.2) is 6.54 Å². The van der Waals surface area contributed by atoms with Crippen molar-refractivity contribution in [2.24, 2.45) is 0 Å². The minimum Gasteiger partial charge on any atom is -0.462 e. The fraction of sp³-hybridized carbons (Fsp3) is 0.900. The van der Waals surface area contributed by atoms with Crippen LogP contribution in [0.2, 0.25) is 0 Å². The van der Waals surface area contributed by atoms with Gasteiger partial charge in [-0.3, -0.25) is 0 Å². The average molecular weight is 188 g/mol. The molecule has 0 bridgehead atoms. The Kier molecular flexibility index (Phi) is 5.71. The van der Waals surface area contributed by atoms with Gasteiger partial charge in [0.25, 0.3) is 0 Å². The van der Waals surface area contributed by atoms with Crippen molar-refractivity contribution in [1.82, 2.24) is 0 Å². The third-order valence-corrected chi connectivity index (χ3v) is 2.78. The largest absolute Gasteiger partial charge is 0.462 e. The fourth-order valence-electron chi connectivity index (χ4n) is 1.49. The van der Waals surface area contributed by atoms with Crippen LogP contribution < -0.4 is 0 Å². The Balaban J connectivity index is 4.16. The van der Waals surface area contributed by atoms with Crippen molar-refractivity contribution < 1.29 is 14.0 Å². The van der Waals surface area contributed by atoms with Crippen LogP contribution in [0.25, 0.3) is 0 Å². The van der Waals surface area contributed by atoms with Crippen LogP contribution in [0.15, 0.2) is 0 Å². The lowest BCUT2D eigenvalue weighted by molar-refractivity contribution is -0.916. The SMILES string of the molecule is CCOC(=O)C[N+](CC)(CC)CC. The summed E-state index contributed by atoms with van der Waals surface area (Å²) in [5.74, 6) is -0.0759. The van der Waals surface area contributed by atoms with Crippen LogP contribution in [0.1, 0.15) is 27.7 Å². The molecular weight excluding hydrogens is 166 g/mol. The van der Waals surface area contributed by atoms with E-state index in [9.17, 15) is 4.79 Å². The Bertz CT molecular complexity index is 145. The highest BCUT2D eigenvalue weighted by Gasteiger charge is 2.25. The predicted molar refractivity (Wildman–Crippen MR) is 53.4 cm³/mol. The summed E-state index contributed by atoms with van der Waals surface area (Å²) in [4.78, 5) is 11.3. The Hall–Kier alpha value is -0.570. The highest BCUT2D eigenvalue weighted by Crippen LogP contribution is 2.05. The van der Waals surface area contributed by atoms with Crippen LogP contribution in [0.5, 0.6) is 0 Å². The molecule has 0 spiro atoms. The molecule has 0 aliphatic heterocycles. The summed E-state index contributed by atoms with van der Waals surface area (Å²) in [7, 11) is 0. The van der Waals surface area contributed by atoms with Crippen LogP contribution in [-0.4, -0.2) is 43.2 Å². The van der Waals surface area contributed by atoms with Gasteiger partial charge in [0.2, 0.25) is 0 Å². The van der Waals surface area contributed by atoms with Crippen molar-refractivity contribution in [2.75, 3.05) is 32.8 Å². The van der Waals surface area contributed by atoms with Crippen molar-refractivity contribution in [2.45, 2.75) is 27.7 Å². The topological polar surface area (TPSA) is 26.3 Å². The Morgan fingerprint density at radius 3 is 1.85 bits per heavy atom. The number of quaternary nitrogens is 1. The predicted octanol–water partition coefficient (Wildman–Crippen LogP) is 1.43. The molecule has 78 valence electrons. The van der Waals surface area contributed by atoms with Crippen molar-refractivity contribution in [3.8, 4) is 0 Å². The van der Waals surface area contributed by atoms with E-state index in [2.05, 4.69) is 20.8 Å². The molecule has 0 aliphatic rings. The van der Waals surface area contributed by atoms with Gasteiger partial charge in [0.05, 0.1) is 26.2 Å². The average Bonchev–Trinajstić information content (AvgIpc) is 2.15. The molecule has 0 saturated carbocycles. The zero-order valence-electron chi connectivity index (χ0n) is 9.30. The summed E-state index contributed by atoms with van der Waals surface area (Å²) in [5.41, 5.74) is 0. The maximum atomic E-state index is 11.3. The minimum atomic E-state index is -0.0759. The number of esters is 1. The highest BCUT2D eigenvalue weighted by atomic mass is 16.5. The van der Waals surface area contributed by atoms with Gasteiger partial charge in [-0.25, -0.2) is 4.79 Å². The smallest absolute Gasteiger partial charge is 0.361 e. The van der Waals surface area contributed by atoms with E-state index in [4.69, 9.17) is 4.74 Å². The van der Waals surface area contributed by atoms with E-state index < -0.39 is 0 Å². The summed E-state index contributed by atoms with van der Waals surface area (Å²) in [6.07, 6.45) is 0. The molecule has 0 unspecified atom stereocenters. The molecule has 0 atom stereocenters. The molecule has 0 aromatic heterocycles. The van der Waals surface area contributed by atoms with E-state index in [1.807, 2.05) is 6.92 Å². The second kappa shape index (κ2) is 5.97. The standard InChI is InChI=1S/C10H22NO2/c1-5-11(6-2,7-3)9-10(12)13-8-4/h5-9H2,1-4H3/q+1. The third-order valence-electron chi connectivity index (χ3n) is 2.78. The first kappa shape index (κ1) is 12.4. The number of ether oxygens (including phenoxy) is 1. The van der Waals surface area contributed by atoms with Crippen LogP contribution in [0.4, 0.5) is 0 Å². The molecule has 13 heavy (non-hydrogen) atoms. The molecule has 0 N–H and O–H groups in total. The van der Waals surface area contributed by atoms with E-state index in [1.165, 1.54) is 0 Å². The van der Waals surface area contributed by atoms with Gasteiger partial charge < -0.3 is 9.22 Å². The van der Waals surface area contributed by atoms with E-state index in [0.29, 0.717) is 13.2 Å². The van der Waals surface area contributed by atoms with Crippen molar-refractivity contribution in [3.05, 3.63) is 0 Å². The minimum absolute atomic E-state index is 0.0759. The third kappa shape index (κ3) is 3.77. The number of likely N-dealkylation sites (N-methyl/N-ethyl adjacent to an activating group) is 1. The number of nitrogens with zero attached hydrogens (tertiary/aromatic N) is 1. The van der Waals surface area contributed by atoms with Crippen molar-refractivity contribution in [1.29, 1.82) is 0 Å². The summed E-state index contributed by atoms with van der Waals surface area (Å²) in [5, 5.41) is 0. The lowest BCUT2D eigenvalue weighted by Gasteiger charge is -2.34. The van der Waals surface area contributed by atoms with Gasteiger partial charge in [0, 0.05) is 0 Å². The molecule has 0 fully saturated rings. The summed E-state index contributed by atoms with van der Waals surface area (Å²) < 4.78 is 5.78. The van der Waals surface area contributed by atoms with E-state index >= 15 is 0 Å². The number of rotatable bonds is 6. The number of hydrogen-bond acceptors (Lipinski definition) is 2. The van der Waals surface area contributed by atoms with Crippen LogP contribution >= 0.6 is 0 Å². The molecule has 0 rings (SSSR count). The molecule has 3 heteroatoms. The van der Waals surface area contributed by atoms with Gasteiger partial charge in [-0.1, -0.05) is 0 Å². The second-order valence-electron chi connectivity index (χ2n) is 3.25. The quantitative estimate of drug-likeness (QED) is 0.465. The van der Waals surface area contributed by atoms with Crippen molar-refractivity contribution in [3.63, 3.8) is 0 Å². The van der Waals surface area contributed by atoms with Gasteiger partial charge in [-0.05, 0) is 27.7 Å². The lowest BCUT2D eigenvalue weighted by Crippen LogP contribution is -2.51. The summed E-state index contributed by atoms with van der Waals surface area (Å²) in [6.45, 7) is 12.2. The maximum absolute atomic E-state index is 11.3. The monoisotopic (exact) mass is 188 g/mol. The molecule has 0 aromatic rings. The van der Waals surface area contributed by atoms with Crippen LogP contribution in [0.3, 0.4) is 0 Å². The zero-order chi connectivity index (χ0) is 10.3. The van der Waals surface area contributed by atoms with Crippen molar-refractivity contribution >= 4 is 5.97 Å². The molecule has 3 nitrogen and oxygen atoms in total. The summed E-state index contributed by atoms with van der Waals surface area (Å²) >= 11 is 0. The molecule has 0 aliphatic carbocycles. The molecule has 0 radical (unpaired) electrons. The first-order valence-corrected chi connectivity index (χ1v) is 5.14. The molecular formula is C10H22NO2+. The van der Waals surface area contributed by atoms with Crippen LogP contribution in [0, 0.1) is 0 Å². The summed E-state index contributed by atoms with van der Waals surface area (Å²) in [6, 6.07) is 0. The molecule has 0 saturated heterocycles. The Labute approximate surface area is 81.3 Å². The van der Waals surface area contributed by atoms with Gasteiger partial charge >= 0.3 is 5.97 Å². The fourth-order valence-corrected chi connectivity index (χ4v) is 1.49. The van der Waals surface area contributed by atoms with Crippen LogP contribution in [-0.2, 0) is 9.53 Å². The normalized spacial score (nSPS) is 11.4. The zero-order valence-corrected chi connectivity index (χ0v) is 9.30. The first-order chi connectivity index (χ1) is 6.14. The maximum Gasteiger partial charge on any atom is 0.361 e. The Morgan fingerprint density at radius 1 is 1.08 bits per heavy atom. The number of carbonyl (C=O) groups excluding carboxylic acids is 1. The lowest BCUT2D eigenvalue weighted by atomic mass is 10.3. The van der Waals surface area contributed by atoms with Gasteiger partial charge in [0.1, 0.15) is 0 Å². The first-order valence-electron chi connectivity index (χ1n) is 5.14. The number of carbonyl (C=O) groups is 1. The van der Waals surface area contributed by atoms with E-state index in [0.717, 1.165) is 24.1 Å². The molecule has 0 amide bonds. The van der Waals surface area contributed by atoms with Gasteiger partial charge in [-0.2, -0.15) is 0 Å². The second-order valence-corrected chi connectivity index (χ2v) is 3.25. The highest BCUT2D eigenvalue weighted by molar-refractivity contribution is 5.70. The number of hydrogen-bond donors (Lipinski definition) is 0. The van der Waals surface area contributed by atoms with Gasteiger partial charge in [-0.15, -0.1) is 0 Å². The molecule has 0 aromatic carbocycles. The van der Waals surface area contributed by atoms with E-state index in [-0.39, 0.29) is 5.97 Å². The Morgan fingerprint density at radius 2 is 1.54 bits per heavy atom. The molecule has 0 heterocycles.